The van der Waals surface area contributed by atoms with Crippen molar-refractivity contribution in [3.05, 3.63) is 36.7 Å². The van der Waals surface area contributed by atoms with Crippen LogP contribution in [-0.4, -0.2) is 33.4 Å². The lowest BCUT2D eigenvalue weighted by molar-refractivity contribution is -0.116. The van der Waals surface area contributed by atoms with Crippen LogP contribution >= 0.6 is 11.8 Å². The third-order valence-electron chi connectivity index (χ3n) is 2.54. The number of carbonyl (C=O) groups is 1. The maximum absolute atomic E-state index is 12.3. The molecule has 2 aromatic rings. The number of H-pyrrole nitrogens is 1. The largest absolute Gasteiger partial charge is 0.311 e. The van der Waals surface area contributed by atoms with Crippen molar-refractivity contribution in [2.75, 3.05) is 17.2 Å². The van der Waals surface area contributed by atoms with Crippen molar-refractivity contribution < 1.29 is 4.79 Å². The van der Waals surface area contributed by atoms with Crippen LogP contribution < -0.4 is 4.90 Å². The summed E-state index contributed by atoms with van der Waals surface area (Å²) in [5, 5.41) is 15.7. The summed E-state index contributed by atoms with van der Waals surface area (Å²) in [7, 11) is 0. The summed E-state index contributed by atoms with van der Waals surface area (Å²) < 4.78 is 0. The summed E-state index contributed by atoms with van der Waals surface area (Å²) >= 11 is 1.29. The average molecular weight is 287 g/mol. The van der Waals surface area contributed by atoms with Crippen molar-refractivity contribution in [2.45, 2.75) is 11.6 Å². The highest BCUT2D eigenvalue weighted by molar-refractivity contribution is 7.99. The number of anilines is 1. The number of para-hydroxylation sites is 1. The predicted molar refractivity (Wildman–Crippen MR) is 76.1 cm³/mol. The SMILES string of the molecule is N#CCCN(C(=O)CSc1ncn[nH]1)c1ccccc1. The minimum atomic E-state index is -0.0622. The second-order valence-electron chi connectivity index (χ2n) is 3.87. The third-order valence-corrected chi connectivity index (χ3v) is 3.40. The molecule has 0 saturated heterocycles. The maximum Gasteiger partial charge on any atom is 0.237 e. The van der Waals surface area contributed by atoms with Gasteiger partial charge in [0.05, 0.1) is 18.2 Å². The summed E-state index contributed by atoms with van der Waals surface area (Å²) in [5.74, 6) is 0.183. The van der Waals surface area contributed by atoms with Gasteiger partial charge in [0.2, 0.25) is 5.91 Å². The third kappa shape index (κ3) is 3.83. The minimum Gasteiger partial charge on any atom is -0.311 e. The van der Waals surface area contributed by atoms with E-state index >= 15 is 0 Å². The van der Waals surface area contributed by atoms with Gasteiger partial charge in [0.15, 0.2) is 5.16 Å². The molecule has 7 heteroatoms. The molecule has 1 amide bonds. The van der Waals surface area contributed by atoms with Crippen LogP contribution in [0.4, 0.5) is 5.69 Å². The van der Waals surface area contributed by atoms with Gasteiger partial charge >= 0.3 is 0 Å². The highest BCUT2D eigenvalue weighted by Gasteiger charge is 2.16. The van der Waals surface area contributed by atoms with Crippen molar-refractivity contribution in [3.63, 3.8) is 0 Å². The first-order valence-electron chi connectivity index (χ1n) is 6.02. The number of thioether (sulfide) groups is 1. The number of nitrogens with one attached hydrogen (secondary N) is 1. The molecule has 1 N–H and O–H groups in total. The van der Waals surface area contributed by atoms with E-state index in [2.05, 4.69) is 21.3 Å². The van der Waals surface area contributed by atoms with Crippen molar-refractivity contribution in [2.24, 2.45) is 0 Å². The number of benzene rings is 1. The van der Waals surface area contributed by atoms with Crippen molar-refractivity contribution in [3.8, 4) is 6.07 Å². The molecule has 0 radical (unpaired) electrons. The predicted octanol–water partition coefficient (Wildman–Crippen LogP) is 1.84. The van der Waals surface area contributed by atoms with Crippen LogP contribution in [0, 0.1) is 11.3 Å². The topological polar surface area (TPSA) is 85.7 Å². The first-order chi connectivity index (χ1) is 9.81. The van der Waals surface area contributed by atoms with Crippen molar-refractivity contribution >= 4 is 23.4 Å². The van der Waals surface area contributed by atoms with Crippen LogP contribution in [-0.2, 0) is 4.79 Å². The van der Waals surface area contributed by atoms with E-state index < -0.39 is 0 Å². The first kappa shape index (κ1) is 14.1. The van der Waals surface area contributed by atoms with E-state index in [0.717, 1.165) is 5.69 Å². The van der Waals surface area contributed by atoms with E-state index in [9.17, 15) is 4.79 Å². The highest BCUT2D eigenvalue weighted by atomic mass is 32.2. The molecule has 0 fully saturated rings. The molecular weight excluding hydrogens is 274 g/mol. The Labute approximate surface area is 120 Å². The van der Waals surface area contributed by atoms with Crippen LogP contribution in [0.15, 0.2) is 41.8 Å². The molecule has 102 valence electrons. The standard InChI is InChI=1S/C13H13N5OS/c14-7-4-8-18(11-5-2-1-3-6-11)12(19)9-20-13-15-10-16-17-13/h1-3,5-6,10H,4,8-9H2,(H,15,16,17). The molecule has 6 nitrogen and oxygen atoms in total. The van der Waals surface area contributed by atoms with Crippen molar-refractivity contribution in [1.82, 2.24) is 15.2 Å². The monoisotopic (exact) mass is 287 g/mol. The van der Waals surface area contributed by atoms with Crippen LogP contribution in [0.5, 0.6) is 0 Å². The van der Waals surface area contributed by atoms with E-state index in [-0.39, 0.29) is 11.7 Å². The molecule has 0 saturated carbocycles. The van der Waals surface area contributed by atoms with Gasteiger partial charge in [-0.2, -0.15) is 10.4 Å². The minimum absolute atomic E-state index is 0.0622. The second-order valence-corrected chi connectivity index (χ2v) is 4.83. The molecule has 0 aliphatic heterocycles. The van der Waals surface area contributed by atoms with Gasteiger partial charge < -0.3 is 4.90 Å². The molecule has 0 spiro atoms. The number of hydrogen-bond acceptors (Lipinski definition) is 5. The summed E-state index contributed by atoms with van der Waals surface area (Å²) in [5.41, 5.74) is 0.797. The van der Waals surface area contributed by atoms with E-state index in [1.807, 2.05) is 30.3 Å². The van der Waals surface area contributed by atoms with Gasteiger partial charge in [0.25, 0.3) is 0 Å². The fraction of sp³-hybridized carbons (Fsp3) is 0.231. The molecule has 2 rings (SSSR count). The zero-order chi connectivity index (χ0) is 14.2. The van der Waals surface area contributed by atoms with Crippen LogP contribution in [0.3, 0.4) is 0 Å². The number of carbonyl (C=O) groups excluding carboxylic acids is 1. The van der Waals surface area contributed by atoms with Gasteiger partial charge in [-0.1, -0.05) is 30.0 Å². The molecular formula is C13H13N5OS. The van der Waals surface area contributed by atoms with Crippen molar-refractivity contribution in [1.29, 1.82) is 5.26 Å². The fourth-order valence-corrected chi connectivity index (χ4v) is 2.29. The Morgan fingerprint density at radius 3 is 2.85 bits per heavy atom. The second kappa shape index (κ2) is 7.31. The Hall–Kier alpha value is -2.33. The van der Waals surface area contributed by atoms with Gasteiger partial charge in [-0.15, -0.1) is 0 Å². The first-order valence-corrected chi connectivity index (χ1v) is 7.00. The van der Waals surface area contributed by atoms with Gasteiger partial charge in [0.1, 0.15) is 6.33 Å². The number of aromatic amines is 1. The number of nitrogens with zero attached hydrogens (tertiary/aromatic N) is 4. The van der Waals surface area contributed by atoms with Gasteiger partial charge in [-0.05, 0) is 12.1 Å². The number of aromatic nitrogens is 3. The molecule has 0 atom stereocenters. The van der Waals surface area contributed by atoms with E-state index in [1.54, 1.807) is 4.90 Å². The van der Waals surface area contributed by atoms with E-state index in [0.29, 0.717) is 18.1 Å². The summed E-state index contributed by atoms with van der Waals surface area (Å²) in [6, 6.07) is 11.4. The smallest absolute Gasteiger partial charge is 0.237 e. The van der Waals surface area contributed by atoms with Crippen LogP contribution in [0.1, 0.15) is 6.42 Å². The number of amides is 1. The summed E-state index contributed by atoms with van der Waals surface area (Å²) in [6.07, 6.45) is 1.70. The number of hydrogen-bond donors (Lipinski definition) is 1. The van der Waals surface area contributed by atoms with Gasteiger partial charge in [-0.3, -0.25) is 9.89 Å². The fourth-order valence-electron chi connectivity index (χ4n) is 1.64. The molecule has 0 bridgehead atoms. The molecule has 1 aromatic heterocycles. The van der Waals surface area contributed by atoms with Crippen LogP contribution in [0.25, 0.3) is 0 Å². The van der Waals surface area contributed by atoms with E-state index in [1.165, 1.54) is 18.1 Å². The number of rotatable bonds is 6. The Morgan fingerprint density at radius 2 is 2.20 bits per heavy atom. The zero-order valence-electron chi connectivity index (χ0n) is 10.7. The molecule has 0 unspecified atom stereocenters. The number of nitriles is 1. The molecule has 20 heavy (non-hydrogen) atoms. The van der Waals surface area contributed by atoms with Gasteiger partial charge in [-0.25, -0.2) is 4.98 Å². The highest BCUT2D eigenvalue weighted by Crippen LogP contribution is 2.17. The summed E-state index contributed by atoms with van der Waals surface area (Å²) in [4.78, 5) is 17.9. The van der Waals surface area contributed by atoms with Crippen LogP contribution in [0.2, 0.25) is 0 Å². The molecule has 0 aliphatic carbocycles. The lowest BCUT2D eigenvalue weighted by Gasteiger charge is -2.21. The Balaban J connectivity index is 2.02. The lowest BCUT2D eigenvalue weighted by atomic mass is 10.2. The van der Waals surface area contributed by atoms with E-state index in [4.69, 9.17) is 5.26 Å². The quantitative estimate of drug-likeness (QED) is 0.819. The molecule has 1 heterocycles. The Kier molecular flexibility index (Phi) is 5.15. The average Bonchev–Trinajstić information content (AvgIpc) is 3.00. The molecule has 0 aliphatic rings. The normalized spacial score (nSPS) is 9.95. The summed E-state index contributed by atoms with van der Waals surface area (Å²) in [6.45, 7) is 0.385. The zero-order valence-corrected chi connectivity index (χ0v) is 11.5. The van der Waals surface area contributed by atoms with Gasteiger partial charge in [0, 0.05) is 12.2 Å². The molecule has 1 aromatic carbocycles. The Bertz CT molecular complexity index is 579. The Morgan fingerprint density at radius 1 is 1.40 bits per heavy atom. The lowest BCUT2D eigenvalue weighted by Crippen LogP contribution is -2.33. The maximum atomic E-state index is 12.3.